The summed E-state index contributed by atoms with van der Waals surface area (Å²) in [7, 11) is 5.21. The number of imidazole rings is 1. The van der Waals surface area contributed by atoms with Gasteiger partial charge in [0, 0.05) is 51.7 Å². The fourth-order valence-electron chi connectivity index (χ4n) is 7.15. The third kappa shape index (κ3) is 7.46. The number of likely N-dealkylation sites (N-methyl/N-ethyl adjacent to an activating group) is 2. The van der Waals surface area contributed by atoms with Crippen LogP contribution >= 0.6 is 0 Å². The molecule has 1 amide bonds. The third-order valence-corrected chi connectivity index (χ3v) is 9.84. The first-order chi connectivity index (χ1) is 25.4. The Bertz CT molecular complexity index is 2450. The molecule has 4 aromatic heterocycles. The number of nitrogens with zero attached hydrogens (tertiary/aromatic N) is 7. The smallest absolute Gasteiger partial charge is 0.337 e. The van der Waals surface area contributed by atoms with E-state index in [9.17, 15) is 28.3 Å². The van der Waals surface area contributed by atoms with E-state index >= 15 is 0 Å². The molecule has 6 aromatic rings. The second-order valence-corrected chi connectivity index (χ2v) is 13.9. The molecule has 53 heavy (non-hydrogen) atoms. The summed E-state index contributed by atoms with van der Waals surface area (Å²) in [6.07, 6.45) is 6.61. The summed E-state index contributed by atoms with van der Waals surface area (Å²) in [5, 5.41) is 13.9. The number of nitrogens with one attached hydrogen (secondary N) is 1. The predicted octanol–water partition coefficient (Wildman–Crippen LogP) is 4.64. The Morgan fingerprint density at radius 2 is 1.75 bits per heavy atom. The lowest BCUT2D eigenvalue weighted by Crippen LogP contribution is -2.44. The van der Waals surface area contributed by atoms with Crippen LogP contribution in [0.25, 0.3) is 33.5 Å². The Hall–Kier alpha value is -5.73. The second kappa shape index (κ2) is 14.7. The first-order valence-corrected chi connectivity index (χ1v) is 17.5. The van der Waals surface area contributed by atoms with Gasteiger partial charge in [0.25, 0.3) is 5.56 Å². The van der Waals surface area contributed by atoms with E-state index < -0.39 is 23.1 Å². The van der Waals surface area contributed by atoms with Gasteiger partial charge in [-0.15, -0.1) is 0 Å². The quantitative estimate of drug-likeness (QED) is 0.209. The molecule has 0 spiro atoms. The topological polar surface area (TPSA) is 130 Å². The van der Waals surface area contributed by atoms with Crippen LogP contribution in [-0.4, -0.2) is 78.0 Å². The van der Waals surface area contributed by atoms with E-state index in [2.05, 4.69) is 15.3 Å². The van der Waals surface area contributed by atoms with Crippen molar-refractivity contribution in [3.63, 3.8) is 0 Å². The number of fused-ring (bicyclic) bond motifs is 2. The van der Waals surface area contributed by atoms with Gasteiger partial charge in [0.15, 0.2) is 5.65 Å². The Kier molecular flexibility index (Phi) is 9.90. The van der Waals surface area contributed by atoms with Gasteiger partial charge in [0.05, 0.1) is 29.5 Å². The van der Waals surface area contributed by atoms with Crippen molar-refractivity contribution in [2.45, 2.75) is 50.9 Å². The molecule has 0 saturated heterocycles. The van der Waals surface area contributed by atoms with Crippen LogP contribution in [-0.2, 0) is 17.9 Å². The molecule has 274 valence electrons. The van der Waals surface area contributed by atoms with E-state index in [1.807, 2.05) is 18.0 Å². The van der Waals surface area contributed by atoms with E-state index in [0.29, 0.717) is 50.1 Å². The lowest BCUT2D eigenvalue weighted by atomic mass is 9.91. The zero-order valence-corrected chi connectivity index (χ0v) is 29.7. The molecule has 14 heteroatoms. The highest BCUT2D eigenvalue weighted by atomic mass is 19.1. The zero-order chi connectivity index (χ0) is 37.4. The van der Waals surface area contributed by atoms with Gasteiger partial charge in [0.1, 0.15) is 23.0 Å². The minimum absolute atomic E-state index is 0.00366. The van der Waals surface area contributed by atoms with E-state index in [4.69, 9.17) is 0 Å². The van der Waals surface area contributed by atoms with Gasteiger partial charge in [-0.05, 0) is 91.9 Å². The van der Waals surface area contributed by atoms with E-state index in [0.717, 1.165) is 34.6 Å². The molecule has 0 radical (unpaired) electrons. The number of benzene rings is 2. The van der Waals surface area contributed by atoms with Gasteiger partial charge in [-0.3, -0.25) is 19.1 Å². The van der Waals surface area contributed by atoms with Crippen molar-refractivity contribution in [3.8, 4) is 22.6 Å². The van der Waals surface area contributed by atoms with Gasteiger partial charge in [-0.2, -0.15) is 0 Å². The van der Waals surface area contributed by atoms with Gasteiger partial charge in [-0.1, -0.05) is 18.2 Å². The fraction of sp³-hybridized carbons (Fsp3) is 0.308. The van der Waals surface area contributed by atoms with Crippen LogP contribution in [0, 0.1) is 11.6 Å². The Morgan fingerprint density at radius 3 is 2.53 bits per heavy atom. The summed E-state index contributed by atoms with van der Waals surface area (Å²) in [4.78, 5) is 52.8. The largest absolute Gasteiger partial charge is 0.508 e. The number of rotatable bonds is 10. The van der Waals surface area contributed by atoms with Crippen LogP contribution in [0.5, 0.6) is 5.75 Å². The second-order valence-electron chi connectivity index (χ2n) is 13.9. The van der Waals surface area contributed by atoms with Crippen molar-refractivity contribution in [1.82, 2.24) is 38.6 Å². The number of halogens is 2. The van der Waals surface area contributed by atoms with Gasteiger partial charge in [-0.25, -0.2) is 28.1 Å². The number of hydrogen-bond acceptors (Lipinski definition) is 8. The summed E-state index contributed by atoms with van der Waals surface area (Å²) in [6.45, 7) is 1.02. The number of pyridine rings is 2. The monoisotopic (exact) mass is 722 g/mol. The van der Waals surface area contributed by atoms with Crippen LogP contribution in [0.3, 0.4) is 0 Å². The first kappa shape index (κ1) is 35.7. The highest BCUT2D eigenvalue weighted by molar-refractivity contribution is 5.78. The van der Waals surface area contributed by atoms with Crippen LogP contribution in [0.1, 0.15) is 43.0 Å². The summed E-state index contributed by atoms with van der Waals surface area (Å²) in [5.41, 5.74) is 3.02. The number of phenols is 1. The standard InChI is InChI=1S/C39H40F2N8O4/c1-45(2)36(51)23-46(3)20-25-16-32(50)12-13-33(25)24-5-4-6-31(15-24)48-37-34(17-27(41)18-43-37)38(52)49(39(48)53)30-10-8-28(9-11-30)42-19-29-22-47-21-26(40)7-14-35(47)44-29/h4-7,12-18,21-22,28,30,42,50H,8-11,19-20,23H2,1-3H3/t28-,30+. The molecule has 7 rings (SSSR count). The molecular weight excluding hydrogens is 682 g/mol. The number of carbonyl (C=O) groups excluding carboxylic acids is 1. The molecule has 0 atom stereocenters. The first-order valence-electron chi connectivity index (χ1n) is 17.5. The SMILES string of the molecule is CN(CC(=O)N(C)C)Cc1cc(O)ccc1-c1cccc(-n2c(=O)n([C@H]3CC[C@@H](NCc4cn5cc(F)ccc5n4)CC3)c(=O)c3cc(F)cnc32)c1. The molecule has 1 aliphatic carbocycles. The van der Waals surface area contributed by atoms with Crippen LogP contribution in [0.2, 0.25) is 0 Å². The molecule has 12 nitrogen and oxygen atoms in total. The number of amides is 1. The Morgan fingerprint density at radius 1 is 0.962 bits per heavy atom. The molecule has 0 unspecified atom stereocenters. The minimum Gasteiger partial charge on any atom is -0.508 e. The van der Waals surface area contributed by atoms with Crippen molar-refractivity contribution >= 4 is 22.6 Å². The van der Waals surface area contributed by atoms with E-state index in [-0.39, 0.29) is 41.1 Å². The third-order valence-electron chi connectivity index (χ3n) is 9.84. The number of carbonyl (C=O) groups is 1. The number of hydrogen-bond donors (Lipinski definition) is 2. The highest BCUT2D eigenvalue weighted by Gasteiger charge is 2.27. The molecule has 1 aliphatic rings. The Balaban J connectivity index is 1.18. The molecule has 0 aliphatic heterocycles. The molecule has 2 N–H and O–H groups in total. The number of aromatic nitrogens is 5. The van der Waals surface area contributed by atoms with Crippen LogP contribution in [0.15, 0.2) is 88.8 Å². The maximum Gasteiger partial charge on any atom is 0.337 e. The average molecular weight is 723 g/mol. The van der Waals surface area contributed by atoms with E-state index in [1.54, 1.807) is 67.2 Å². The molecule has 4 heterocycles. The van der Waals surface area contributed by atoms with Gasteiger partial charge in [0.2, 0.25) is 5.91 Å². The highest BCUT2D eigenvalue weighted by Crippen LogP contribution is 2.31. The normalized spacial score (nSPS) is 16.1. The lowest BCUT2D eigenvalue weighted by molar-refractivity contribution is -0.129. The predicted molar refractivity (Wildman–Crippen MR) is 197 cm³/mol. The molecule has 2 aromatic carbocycles. The maximum absolute atomic E-state index is 14.6. The Labute approximate surface area is 303 Å². The van der Waals surface area contributed by atoms with Crippen molar-refractivity contribution in [2.24, 2.45) is 0 Å². The molecule has 0 bridgehead atoms. The average Bonchev–Trinajstić information content (AvgIpc) is 3.54. The van der Waals surface area contributed by atoms with Crippen molar-refractivity contribution in [1.29, 1.82) is 0 Å². The summed E-state index contributed by atoms with van der Waals surface area (Å²) >= 11 is 0. The minimum atomic E-state index is -0.687. The maximum atomic E-state index is 14.6. The fourth-order valence-corrected chi connectivity index (χ4v) is 7.15. The van der Waals surface area contributed by atoms with E-state index in [1.165, 1.54) is 26.3 Å². The van der Waals surface area contributed by atoms with Crippen molar-refractivity contribution in [3.05, 3.63) is 123 Å². The lowest BCUT2D eigenvalue weighted by Gasteiger charge is -2.30. The van der Waals surface area contributed by atoms with Crippen LogP contribution < -0.4 is 16.6 Å². The van der Waals surface area contributed by atoms with Gasteiger partial charge >= 0.3 is 5.69 Å². The number of phenolic OH excluding ortho intramolecular Hbond substituents is 1. The summed E-state index contributed by atoms with van der Waals surface area (Å²) in [5.74, 6) is -1.02. The van der Waals surface area contributed by atoms with Gasteiger partial charge < -0.3 is 19.7 Å². The molecular formula is C39H40F2N8O4. The summed E-state index contributed by atoms with van der Waals surface area (Å²) < 4.78 is 32.5. The zero-order valence-electron chi connectivity index (χ0n) is 29.7. The van der Waals surface area contributed by atoms with Crippen molar-refractivity contribution < 1.29 is 18.7 Å². The molecule has 1 fully saturated rings. The number of aromatic hydroxyl groups is 1. The van der Waals surface area contributed by atoms with Crippen molar-refractivity contribution in [2.75, 3.05) is 27.7 Å². The van der Waals surface area contributed by atoms with Crippen LogP contribution in [0.4, 0.5) is 8.78 Å². The summed E-state index contributed by atoms with van der Waals surface area (Å²) in [6, 6.07) is 16.0. The molecule has 1 saturated carbocycles.